The van der Waals surface area contributed by atoms with Crippen LogP contribution in [0.4, 0.5) is 5.69 Å². The van der Waals surface area contributed by atoms with Crippen LogP contribution >= 0.6 is 11.3 Å². The summed E-state index contributed by atoms with van der Waals surface area (Å²) in [6, 6.07) is 7.23. The Labute approximate surface area is 128 Å². The van der Waals surface area contributed by atoms with Crippen molar-refractivity contribution in [1.82, 2.24) is 0 Å². The lowest BCUT2D eigenvalue weighted by Gasteiger charge is -2.11. The first-order valence-corrected chi connectivity index (χ1v) is 7.53. The average molecular weight is 305 g/mol. The third-order valence-electron chi connectivity index (χ3n) is 3.22. The fraction of sp³-hybridized carbons (Fsp3) is 0.312. The number of anilines is 1. The van der Waals surface area contributed by atoms with Gasteiger partial charge in [-0.05, 0) is 37.1 Å². The quantitative estimate of drug-likeness (QED) is 0.911. The van der Waals surface area contributed by atoms with Gasteiger partial charge in [-0.3, -0.25) is 4.79 Å². The minimum absolute atomic E-state index is 0.130. The summed E-state index contributed by atoms with van der Waals surface area (Å²) in [5.41, 5.74) is 1.76. The van der Waals surface area contributed by atoms with Gasteiger partial charge >= 0.3 is 0 Å². The molecule has 112 valence electrons. The van der Waals surface area contributed by atoms with E-state index in [1.54, 1.807) is 32.4 Å². The molecule has 0 spiro atoms. The van der Waals surface area contributed by atoms with Gasteiger partial charge in [-0.15, -0.1) is 11.3 Å². The lowest BCUT2D eigenvalue weighted by Crippen LogP contribution is -2.11. The number of methoxy groups -OCH3 is 2. The van der Waals surface area contributed by atoms with Crippen LogP contribution in [-0.4, -0.2) is 20.1 Å². The molecule has 0 radical (unpaired) electrons. The molecule has 0 bridgehead atoms. The predicted octanol–water partition coefficient (Wildman–Crippen LogP) is 3.89. The largest absolute Gasteiger partial charge is 0.497 e. The molecule has 21 heavy (non-hydrogen) atoms. The van der Waals surface area contributed by atoms with Gasteiger partial charge in [-0.25, -0.2) is 0 Å². The zero-order valence-corrected chi connectivity index (χ0v) is 13.5. The second kappa shape index (κ2) is 6.63. The van der Waals surface area contributed by atoms with E-state index < -0.39 is 0 Å². The maximum Gasteiger partial charge on any atom is 0.265 e. The molecule has 2 aromatic rings. The summed E-state index contributed by atoms with van der Waals surface area (Å²) in [7, 11) is 3.16. The number of amides is 1. The van der Waals surface area contributed by atoms with Crippen LogP contribution in [0.15, 0.2) is 24.3 Å². The number of rotatable bonds is 5. The molecule has 0 saturated heterocycles. The maximum absolute atomic E-state index is 12.4. The van der Waals surface area contributed by atoms with Gasteiger partial charge in [-0.2, -0.15) is 0 Å². The number of nitrogens with one attached hydrogen (secondary N) is 1. The summed E-state index contributed by atoms with van der Waals surface area (Å²) in [6.07, 6.45) is 0.937. The van der Waals surface area contributed by atoms with Gasteiger partial charge in [0.1, 0.15) is 11.5 Å². The Morgan fingerprint density at radius 2 is 2.00 bits per heavy atom. The highest BCUT2D eigenvalue weighted by Gasteiger charge is 2.14. The number of hydrogen-bond donors (Lipinski definition) is 1. The number of ether oxygens (including phenoxy) is 2. The van der Waals surface area contributed by atoms with E-state index in [0.29, 0.717) is 22.1 Å². The van der Waals surface area contributed by atoms with E-state index in [9.17, 15) is 4.79 Å². The van der Waals surface area contributed by atoms with Gasteiger partial charge in [0.05, 0.1) is 24.8 Å². The standard InChI is InChI=1S/C16H19NO3S/c1-5-14-10(2)8-15(21-14)16(18)17-12-9-11(19-3)6-7-13(12)20-4/h6-9H,5H2,1-4H3,(H,17,18). The normalized spacial score (nSPS) is 10.3. The Hall–Kier alpha value is -2.01. The Morgan fingerprint density at radius 1 is 1.24 bits per heavy atom. The summed E-state index contributed by atoms with van der Waals surface area (Å²) in [4.78, 5) is 14.3. The third kappa shape index (κ3) is 3.36. The van der Waals surface area contributed by atoms with Gasteiger partial charge in [0.15, 0.2) is 0 Å². The van der Waals surface area contributed by atoms with Crippen molar-refractivity contribution >= 4 is 22.9 Å². The summed E-state index contributed by atoms with van der Waals surface area (Å²) in [6.45, 7) is 4.11. The van der Waals surface area contributed by atoms with E-state index in [1.807, 2.05) is 13.0 Å². The molecule has 0 aliphatic heterocycles. The molecule has 0 aliphatic carbocycles. The highest BCUT2D eigenvalue weighted by molar-refractivity contribution is 7.14. The number of carbonyl (C=O) groups is 1. The number of carbonyl (C=O) groups excluding carboxylic acids is 1. The first-order chi connectivity index (χ1) is 10.1. The SMILES string of the molecule is CCc1sc(C(=O)Nc2cc(OC)ccc2OC)cc1C. The summed E-state index contributed by atoms with van der Waals surface area (Å²) >= 11 is 1.53. The van der Waals surface area contributed by atoms with E-state index in [1.165, 1.54) is 16.2 Å². The molecule has 4 nitrogen and oxygen atoms in total. The maximum atomic E-state index is 12.4. The third-order valence-corrected chi connectivity index (χ3v) is 4.60. The summed E-state index contributed by atoms with van der Waals surface area (Å²) < 4.78 is 10.4. The molecule has 1 amide bonds. The van der Waals surface area contributed by atoms with Crippen LogP contribution in [0, 0.1) is 6.92 Å². The van der Waals surface area contributed by atoms with Gasteiger partial charge in [0.2, 0.25) is 0 Å². The minimum atomic E-state index is -0.130. The fourth-order valence-electron chi connectivity index (χ4n) is 2.08. The van der Waals surface area contributed by atoms with Crippen LogP contribution in [-0.2, 0) is 6.42 Å². The molecule has 0 fully saturated rings. The molecule has 0 aliphatic rings. The predicted molar refractivity (Wildman–Crippen MR) is 85.9 cm³/mol. The van der Waals surface area contributed by atoms with Crippen LogP contribution in [0.2, 0.25) is 0 Å². The highest BCUT2D eigenvalue weighted by Crippen LogP contribution is 2.30. The van der Waals surface area contributed by atoms with Crippen molar-refractivity contribution in [2.24, 2.45) is 0 Å². The van der Waals surface area contributed by atoms with Crippen LogP contribution in [0.1, 0.15) is 27.0 Å². The van der Waals surface area contributed by atoms with E-state index in [4.69, 9.17) is 9.47 Å². The molecule has 0 unspecified atom stereocenters. The molecule has 1 aromatic heterocycles. The first kappa shape index (κ1) is 15.4. The zero-order valence-electron chi connectivity index (χ0n) is 12.6. The van der Waals surface area contributed by atoms with Crippen molar-refractivity contribution < 1.29 is 14.3 Å². The molecular formula is C16H19NO3S. The number of benzene rings is 1. The average Bonchev–Trinajstić information content (AvgIpc) is 2.88. The Balaban J connectivity index is 2.25. The van der Waals surface area contributed by atoms with Crippen molar-refractivity contribution in [3.05, 3.63) is 39.6 Å². The highest BCUT2D eigenvalue weighted by atomic mass is 32.1. The van der Waals surface area contributed by atoms with Crippen molar-refractivity contribution in [1.29, 1.82) is 0 Å². The smallest absolute Gasteiger partial charge is 0.265 e. The van der Waals surface area contributed by atoms with E-state index in [-0.39, 0.29) is 5.91 Å². The second-order valence-corrected chi connectivity index (χ2v) is 5.73. The second-order valence-electron chi connectivity index (χ2n) is 4.59. The Kier molecular flexibility index (Phi) is 4.85. The van der Waals surface area contributed by atoms with Crippen molar-refractivity contribution in [3.8, 4) is 11.5 Å². The fourth-order valence-corrected chi connectivity index (χ4v) is 3.09. The monoisotopic (exact) mass is 305 g/mol. The van der Waals surface area contributed by atoms with E-state index in [2.05, 4.69) is 12.2 Å². The molecule has 0 saturated carbocycles. The lowest BCUT2D eigenvalue weighted by molar-refractivity contribution is 0.103. The van der Waals surface area contributed by atoms with Crippen molar-refractivity contribution in [2.75, 3.05) is 19.5 Å². The van der Waals surface area contributed by atoms with Gasteiger partial charge in [0.25, 0.3) is 5.91 Å². The van der Waals surface area contributed by atoms with E-state index >= 15 is 0 Å². The topological polar surface area (TPSA) is 47.6 Å². The molecular weight excluding hydrogens is 286 g/mol. The minimum Gasteiger partial charge on any atom is -0.497 e. The molecule has 1 N–H and O–H groups in total. The Bertz CT molecular complexity index is 649. The molecule has 2 rings (SSSR count). The van der Waals surface area contributed by atoms with Crippen molar-refractivity contribution in [2.45, 2.75) is 20.3 Å². The molecule has 0 atom stereocenters. The zero-order chi connectivity index (χ0) is 15.4. The van der Waals surface area contributed by atoms with Crippen LogP contribution in [0.25, 0.3) is 0 Å². The van der Waals surface area contributed by atoms with Crippen LogP contribution in [0.5, 0.6) is 11.5 Å². The van der Waals surface area contributed by atoms with Crippen LogP contribution in [0.3, 0.4) is 0 Å². The Morgan fingerprint density at radius 3 is 2.57 bits per heavy atom. The van der Waals surface area contributed by atoms with Crippen molar-refractivity contribution in [3.63, 3.8) is 0 Å². The summed E-state index contributed by atoms with van der Waals surface area (Å²) in [5.74, 6) is 1.14. The number of thiophene rings is 1. The van der Waals surface area contributed by atoms with Gasteiger partial charge in [-0.1, -0.05) is 6.92 Å². The number of aryl methyl sites for hydroxylation is 2. The number of hydrogen-bond acceptors (Lipinski definition) is 4. The van der Waals surface area contributed by atoms with Gasteiger partial charge < -0.3 is 14.8 Å². The summed E-state index contributed by atoms with van der Waals surface area (Å²) in [5, 5.41) is 2.88. The van der Waals surface area contributed by atoms with E-state index in [0.717, 1.165) is 12.0 Å². The molecule has 1 aromatic carbocycles. The molecule has 1 heterocycles. The lowest BCUT2D eigenvalue weighted by atomic mass is 10.2. The van der Waals surface area contributed by atoms with Gasteiger partial charge in [0, 0.05) is 10.9 Å². The molecule has 5 heteroatoms. The first-order valence-electron chi connectivity index (χ1n) is 6.71. The van der Waals surface area contributed by atoms with Crippen LogP contribution < -0.4 is 14.8 Å².